The van der Waals surface area contributed by atoms with E-state index in [0.29, 0.717) is 24.5 Å². The highest BCUT2D eigenvalue weighted by atomic mass is 16.5. The quantitative estimate of drug-likeness (QED) is 0.509. The van der Waals surface area contributed by atoms with Crippen LogP contribution < -0.4 is 5.56 Å². The van der Waals surface area contributed by atoms with E-state index in [-0.39, 0.29) is 23.4 Å². The first-order valence-electron chi connectivity index (χ1n) is 8.34. The zero-order valence-electron chi connectivity index (χ0n) is 14.5. The molecule has 0 radical (unpaired) electrons. The van der Waals surface area contributed by atoms with Gasteiger partial charge in [-0.3, -0.25) is 4.79 Å². The number of para-hydroxylation sites is 2. The van der Waals surface area contributed by atoms with Crippen molar-refractivity contribution < 1.29 is 14.6 Å². The molecule has 138 valence electrons. The van der Waals surface area contributed by atoms with E-state index in [9.17, 15) is 14.7 Å². The number of imidazole rings is 1. The minimum absolute atomic E-state index is 0.182. The summed E-state index contributed by atoms with van der Waals surface area (Å²) in [6.07, 6.45) is 3.25. The minimum Gasteiger partial charge on any atom is -0.465 e. The Hall–Kier alpha value is -3.46. The number of aryl methyl sites for hydroxylation is 2. The predicted molar refractivity (Wildman–Crippen MR) is 96.5 cm³/mol. The summed E-state index contributed by atoms with van der Waals surface area (Å²) in [5, 5.41) is 15.9. The van der Waals surface area contributed by atoms with Crippen LogP contribution in [0.25, 0.3) is 22.3 Å². The number of ether oxygens (including phenoxy) is 1. The molecule has 3 heterocycles. The van der Waals surface area contributed by atoms with Crippen molar-refractivity contribution in [3.05, 3.63) is 58.4 Å². The molecule has 0 saturated heterocycles. The van der Waals surface area contributed by atoms with Crippen molar-refractivity contribution in [2.45, 2.75) is 19.7 Å². The highest BCUT2D eigenvalue weighted by Crippen LogP contribution is 2.21. The highest BCUT2D eigenvalue weighted by molar-refractivity contribution is 5.95. The average molecular weight is 367 g/mol. The van der Waals surface area contributed by atoms with Crippen LogP contribution in [0.5, 0.6) is 0 Å². The molecular weight excluding hydrogens is 350 g/mol. The SMILES string of the molecule is COC(=O)c1cn(CCn2c(CO)nc3ccccc32)cc2c(=O)[nH]nc1-2. The summed E-state index contributed by atoms with van der Waals surface area (Å²) in [5.74, 6) is -0.0103. The molecule has 1 aromatic carbocycles. The van der Waals surface area contributed by atoms with Gasteiger partial charge in [0.1, 0.15) is 23.7 Å². The number of carbonyl (C=O) groups is 1. The van der Waals surface area contributed by atoms with Gasteiger partial charge in [0.05, 0.1) is 23.7 Å². The van der Waals surface area contributed by atoms with Crippen molar-refractivity contribution in [3.63, 3.8) is 0 Å². The molecule has 1 aromatic heterocycles. The Bertz CT molecular complexity index is 1160. The Morgan fingerprint density at radius 2 is 2.07 bits per heavy atom. The number of nitrogens with zero attached hydrogens (tertiary/aromatic N) is 4. The standard InChI is InChI=1S/C18H17N5O4/c1-27-18(26)12-9-22(8-11-16(12)20-21-17(11)25)6-7-23-14-5-3-2-4-13(14)19-15(23)10-24/h2-5,8-9,24H,6-7,10H2,1H3,(H,21,25). The Morgan fingerprint density at radius 1 is 1.26 bits per heavy atom. The predicted octanol–water partition coefficient (Wildman–Crippen LogP) is 1.00. The Balaban J connectivity index is 1.73. The Kier molecular flexibility index (Phi) is 4.21. The van der Waals surface area contributed by atoms with Gasteiger partial charge in [-0.1, -0.05) is 12.1 Å². The first-order valence-corrected chi connectivity index (χ1v) is 8.34. The van der Waals surface area contributed by atoms with Gasteiger partial charge in [-0.05, 0) is 12.1 Å². The largest absolute Gasteiger partial charge is 0.465 e. The number of fused-ring (bicyclic) bond motifs is 2. The summed E-state index contributed by atoms with van der Waals surface area (Å²) in [5.41, 5.74) is 2.15. The Morgan fingerprint density at radius 3 is 2.85 bits per heavy atom. The number of esters is 1. The van der Waals surface area contributed by atoms with Crippen LogP contribution in [0.15, 0.2) is 41.5 Å². The van der Waals surface area contributed by atoms with Crippen LogP contribution in [-0.4, -0.2) is 42.5 Å². The second kappa shape index (κ2) is 6.69. The van der Waals surface area contributed by atoms with Crippen molar-refractivity contribution in [1.82, 2.24) is 24.3 Å². The molecule has 9 nitrogen and oxygen atoms in total. The van der Waals surface area contributed by atoms with Crippen LogP contribution in [-0.2, 0) is 24.4 Å². The molecule has 0 saturated carbocycles. The molecular formula is C18H17N5O4. The van der Waals surface area contributed by atoms with Gasteiger partial charge in [0, 0.05) is 25.5 Å². The number of pyridine rings is 1. The number of hydrogen-bond donors (Lipinski definition) is 2. The number of rotatable bonds is 5. The average Bonchev–Trinajstić information content (AvgIpc) is 3.25. The first kappa shape index (κ1) is 17.0. The molecule has 4 rings (SSSR count). The van der Waals surface area contributed by atoms with E-state index in [1.165, 1.54) is 7.11 Å². The molecule has 0 amide bonds. The lowest BCUT2D eigenvalue weighted by molar-refractivity contribution is 0.0600. The summed E-state index contributed by atoms with van der Waals surface area (Å²) < 4.78 is 8.45. The van der Waals surface area contributed by atoms with E-state index in [1.807, 2.05) is 28.8 Å². The molecule has 2 aliphatic rings. The number of aliphatic hydroxyl groups is 1. The third kappa shape index (κ3) is 2.87. The van der Waals surface area contributed by atoms with Crippen molar-refractivity contribution >= 4 is 17.0 Å². The van der Waals surface area contributed by atoms with Gasteiger partial charge in [0.15, 0.2) is 0 Å². The maximum absolute atomic E-state index is 12.1. The summed E-state index contributed by atoms with van der Waals surface area (Å²) in [6.45, 7) is 0.773. The van der Waals surface area contributed by atoms with Crippen LogP contribution in [0, 0.1) is 0 Å². The van der Waals surface area contributed by atoms with Crippen LogP contribution >= 0.6 is 0 Å². The summed E-state index contributed by atoms with van der Waals surface area (Å²) in [4.78, 5) is 28.5. The number of nitrogens with one attached hydrogen (secondary N) is 1. The molecule has 2 N–H and O–H groups in total. The number of aromatic nitrogens is 5. The maximum Gasteiger partial charge on any atom is 0.341 e. The third-order valence-corrected chi connectivity index (χ3v) is 4.48. The van der Waals surface area contributed by atoms with Crippen LogP contribution in [0.1, 0.15) is 16.2 Å². The second-order valence-electron chi connectivity index (χ2n) is 6.04. The van der Waals surface area contributed by atoms with Crippen molar-refractivity contribution in [3.8, 4) is 11.3 Å². The first-order chi connectivity index (χ1) is 13.1. The van der Waals surface area contributed by atoms with Crippen LogP contribution in [0.2, 0.25) is 0 Å². The maximum atomic E-state index is 12.1. The number of aromatic amines is 1. The number of H-pyrrole nitrogens is 1. The van der Waals surface area contributed by atoms with Gasteiger partial charge < -0.3 is 19.0 Å². The van der Waals surface area contributed by atoms with E-state index in [0.717, 1.165) is 11.0 Å². The fraction of sp³-hybridized carbons (Fsp3) is 0.222. The van der Waals surface area contributed by atoms with E-state index >= 15 is 0 Å². The number of hydrogen-bond acceptors (Lipinski definition) is 6. The molecule has 0 unspecified atom stereocenters. The van der Waals surface area contributed by atoms with E-state index < -0.39 is 5.97 Å². The highest BCUT2D eigenvalue weighted by Gasteiger charge is 2.22. The van der Waals surface area contributed by atoms with Gasteiger partial charge >= 0.3 is 5.97 Å². The number of benzene rings is 1. The summed E-state index contributed by atoms with van der Waals surface area (Å²) in [7, 11) is 1.28. The lowest BCUT2D eigenvalue weighted by atomic mass is 10.1. The van der Waals surface area contributed by atoms with Gasteiger partial charge in [-0.2, -0.15) is 5.10 Å². The topological polar surface area (TPSA) is 115 Å². The lowest BCUT2D eigenvalue weighted by Crippen LogP contribution is -2.15. The Labute approximate surface area is 153 Å². The van der Waals surface area contributed by atoms with Gasteiger partial charge in [0.25, 0.3) is 5.56 Å². The fourth-order valence-corrected chi connectivity index (χ4v) is 3.19. The summed E-state index contributed by atoms with van der Waals surface area (Å²) in [6, 6.07) is 7.61. The van der Waals surface area contributed by atoms with Crippen molar-refractivity contribution in [1.29, 1.82) is 0 Å². The van der Waals surface area contributed by atoms with Crippen LogP contribution in [0.3, 0.4) is 0 Å². The number of aliphatic hydroxyl groups excluding tert-OH is 1. The van der Waals surface area contributed by atoms with E-state index in [4.69, 9.17) is 4.74 Å². The fourth-order valence-electron chi connectivity index (χ4n) is 3.19. The number of methoxy groups -OCH3 is 1. The lowest BCUT2D eigenvalue weighted by Gasteiger charge is -2.13. The molecule has 27 heavy (non-hydrogen) atoms. The molecule has 0 aliphatic carbocycles. The molecule has 0 bridgehead atoms. The van der Waals surface area contributed by atoms with E-state index in [2.05, 4.69) is 15.2 Å². The smallest absolute Gasteiger partial charge is 0.341 e. The molecule has 0 fully saturated rings. The monoisotopic (exact) mass is 367 g/mol. The molecule has 0 atom stereocenters. The van der Waals surface area contributed by atoms with Crippen molar-refractivity contribution in [2.75, 3.05) is 7.11 Å². The molecule has 9 heteroatoms. The zero-order chi connectivity index (χ0) is 19.0. The molecule has 2 aliphatic heterocycles. The van der Waals surface area contributed by atoms with Gasteiger partial charge in [-0.15, -0.1) is 0 Å². The zero-order valence-corrected chi connectivity index (χ0v) is 14.5. The third-order valence-electron chi connectivity index (χ3n) is 4.48. The summed E-state index contributed by atoms with van der Waals surface area (Å²) >= 11 is 0. The minimum atomic E-state index is -0.565. The van der Waals surface area contributed by atoms with Crippen LogP contribution in [0.4, 0.5) is 0 Å². The van der Waals surface area contributed by atoms with Gasteiger partial charge in [-0.25, -0.2) is 14.9 Å². The van der Waals surface area contributed by atoms with Gasteiger partial charge in [0.2, 0.25) is 0 Å². The second-order valence-corrected chi connectivity index (χ2v) is 6.04. The normalized spacial score (nSPS) is 11.3. The molecule has 0 spiro atoms. The number of carbonyl (C=O) groups excluding carboxylic acids is 1. The van der Waals surface area contributed by atoms with Crippen molar-refractivity contribution in [2.24, 2.45) is 0 Å². The van der Waals surface area contributed by atoms with E-state index in [1.54, 1.807) is 17.0 Å². The molecule has 2 aromatic rings.